The van der Waals surface area contributed by atoms with Gasteiger partial charge in [0.1, 0.15) is 30.5 Å². The van der Waals surface area contributed by atoms with Crippen LogP contribution in [-0.4, -0.2) is 25.2 Å². The van der Waals surface area contributed by atoms with Crippen LogP contribution in [-0.2, 0) is 0 Å². The molecule has 0 spiro atoms. The standard InChI is InChI=1S/C24H25NO4/c1-18(2)29-23-14-7-6-13-22(23)24(26)25-19-9-8-12-21(17-19)28-16-15-27-20-10-4-3-5-11-20/h3-14,17-18H,15-16H2,1-2H3,(H,25,26). The number of rotatable bonds is 9. The molecule has 0 saturated carbocycles. The summed E-state index contributed by atoms with van der Waals surface area (Å²) in [6, 6.07) is 24.1. The molecule has 5 nitrogen and oxygen atoms in total. The molecule has 0 aliphatic rings. The van der Waals surface area contributed by atoms with E-state index in [0.29, 0.717) is 36.0 Å². The maximum Gasteiger partial charge on any atom is 0.259 e. The first-order chi connectivity index (χ1) is 14.1. The molecule has 150 valence electrons. The first kappa shape index (κ1) is 20.3. The molecule has 0 atom stereocenters. The number of benzene rings is 3. The van der Waals surface area contributed by atoms with Gasteiger partial charge in [-0.25, -0.2) is 0 Å². The molecule has 3 rings (SSSR count). The van der Waals surface area contributed by atoms with Crippen LogP contribution in [0.25, 0.3) is 0 Å². The summed E-state index contributed by atoms with van der Waals surface area (Å²) in [4.78, 5) is 12.7. The van der Waals surface area contributed by atoms with Crippen LogP contribution in [0.15, 0.2) is 78.9 Å². The Hall–Kier alpha value is -3.47. The van der Waals surface area contributed by atoms with E-state index in [9.17, 15) is 4.79 Å². The lowest BCUT2D eigenvalue weighted by Gasteiger charge is -2.14. The molecule has 1 N–H and O–H groups in total. The van der Waals surface area contributed by atoms with E-state index >= 15 is 0 Å². The molecule has 29 heavy (non-hydrogen) atoms. The highest BCUT2D eigenvalue weighted by Gasteiger charge is 2.13. The van der Waals surface area contributed by atoms with E-state index in [1.54, 1.807) is 18.2 Å². The molecule has 3 aromatic rings. The third kappa shape index (κ3) is 6.28. The van der Waals surface area contributed by atoms with Crippen molar-refractivity contribution in [2.24, 2.45) is 0 Å². The third-order valence-corrected chi connectivity index (χ3v) is 3.95. The van der Waals surface area contributed by atoms with Gasteiger partial charge < -0.3 is 19.5 Å². The van der Waals surface area contributed by atoms with Crippen molar-refractivity contribution in [1.29, 1.82) is 0 Å². The minimum Gasteiger partial charge on any atom is -0.490 e. The molecule has 0 fully saturated rings. The van der Waals surface area contributed by atoms with E-state index in [4.69, 9.17) is 14.2 Å². The van der Waals surface area contributed by atoms with Gasteiger partial charge in [-0.2, -0.15) is 0 Å². The number of amides is 1. The predicted molar refractivity (Wildman–Crippen MR) is 114 cm³/mol. The summed E-state index contributed by atoms with van der Waals surface area (Å²) in [5.74, 6) is 1.79. The maximum absolute atomic E-state index is 12.7. The second-order valence-corrected chi connectivity index (χ2v) is 6.65. The molecule has 0 radical (unpaired) electrons. The summed E-state index contributed by atoms with van der Waals surface area (Å²) in [5.41, 5.74) is 1.14. The Labute approximate surface area is 171 Å². The molecule has 0 aliphatic heterocycles. The van der Waals surface area contributed by atoms with Gasteiger partial charge in [0.2, 0.25) is 0 Å². The van der Waals surface area contributed by atoms with Gasteiger partial charge in [-0.05, 0) is 50.2 Å². The fourth-order valence-corrected chi connectivity index (χ4v) is 2.71. The number of ether oxygens (including phenoxy) is 3. The molecular weight excluding hydrogens is 366 g/mol. The van der Waals surface area contributed by atoms with Crippen molar-refractivity contribution < 1.29 is 19.0 Å². The van der Waals surface area contributed by atoms with Gasteiger partial charge >= 0.3 is 0 Å². The summed E-state index contributed by atoms with van der Waals surface area (Å²) in [6.07, 6.45) is -0.0150. The van der Waals surface area contributed by atoms with Crippen molar-refractivity contribution in [3.05, 3.63) is 84.4 Å². The van der Waals surface area contributed by atoms with Crippen molar-refractivity contribution in [3.63, 3.8) is 0 Å². The normalized spacial score (nSPS) is 10.4. The highest BCUT2D eigenvalue weighted by Crippen LogP contribution is 2.23. The van der Waals surface area contributed by atoms with Crippen LogP contribution in [0, 0.1) is 0 Å². The number of hydrogen-bond donors (Lipinski definition) is 1. The molecule has 1 amide bonds. The highest BCUT2D eigenvalue weighted by atomic mass is 16.5. The maximum atomic E-state index is 12.7. The Morgan fingerprint density at radius 2 is 1.48 bits per heavy atom. The Kier molecular flexibility index (Phi) is 7.11. The first-order valence-corrected chi connectivity index (χ1v) is 9.59. The smallest absolute Gasteiger partial charge is 0.259 e. The van der Waals surface area contributed by atoms with E-state index in [0.717, 1.165) is 5.75 Å². The van der Waals surface area contributed by atoms with Crippen molar-refractivity contribution in [2.75, 3.05) is 18.5 Å². The van der Waals surface area contributed by atoms with E-state index in [1.165, 1.54) is 0 Å². The summed E-state index contributed by atoms with van der Waals surface area (Å²) < 4.78 is 17.1. The Morgan fingerprint density at radius 1 is 0.828 bits per heavy atom. The quantitative estimate of drug-likeness (QED) is 0.511. The Bertz CT molecular complexity index is 925. The van der Waals surface area contributed by atoms with Gasteiger partial charge in [0.15, 0.2) is 0 Å². The predicted octanol–water partition coefficient (Wildman–Crippen LogP) is 5.18. The molecule has 0 saturated heterocycles. The molecule has 5 heteroatoms. The highest BCUT2D eigenvalue weighted by molar-refractivity contribution is 6.06. The van der Waals surface area contributed by atoms with Crippen molar-refractivity contribution in [2.45, 2.75) is 20.0 Å². The first-order valence-electron chi connectivity index (χ1n) is 9.59. The molecule has 3 aromatic carbocycles. The van der Waals surface area contributed by atoms with E-state index in [-0.39, 0.29) is 12.0 Å². The summed E-state index contributed by atoms with van der Waals surface area (Å²) in [7, 11) is 0. The second kappa shape index (κ2) is 10.2. The van der Waals surface area contributed by atoms with Crippen LogP contribution in [0.1, 0.15) is 24.2 Å². The SMILES string of the molecule is CC(C)Oc1ccccc1C(=O)Nc1cccc(OCCOc2ccccc2)c1. The number of hydrogen-bond acceptors (Lipinski definition) is 4. The van der Waals surface area contributed by atoms with Crippen LogP contribution >= 0.6 is 0 Å². The third-order valence-electron chi connectivity index (χ3n) is 3.95. The zero-order valence-corrected chi connectivity index (χ0v) is 16.6. The van der Waals surface area contributed by atoms with Gasteiger partial charge in [-0.3, -0.25) is 4.79 Å². The van der Waals surface area contributed by atoms with Crippen molar-refractivity contribution >= 4 is 11.6 Å². The second-order valence-electron chi connectivity index (χ2n) is 6.65. The minimum atomic E-state index is -0.231. The van der Waals surface area contributed by atoms with Crippen LogP contribution < -0.4 is 19.5 Å². The van der Waals surface area contributed by atoms with Crippen LogP contribution in [0.5, 0.6) is 17.2 Å². The van der Waals surface area contributed by atoms with Gasteiger partial charge in [0.25, 0.3) is 5.91 Å². The number of carbonyl (C=O) groups excluding carboxylic acids is 1. The number of anilines is 1. The summed E-state index contributed by atoms with van der Waals surface area (Å²) in [6.45, 7) is 4.69. The zero-order valence-electron chi connectivity index (χ0n) is 16.6. The van der Waals surface area contributed by atoms with E-state index in [2.05, 4.69) is 5.32 Å². The van der Waals surface area contributed by atoms with Crippen molar-refractivity contribution in [3.8, 4) is 17.2 Å². The average molecular weight is 391 g/mol. The zero-order chi connectivity index (χ0) is 20.5. The monoisotopic (exact) mass is 391 g/mol. The summed E-state index contributed by atoms with van der Waals surface area (Å²) in [5, 5.41) is 2.90. The lowest BCUT2D eigenvalue weighted by Crippen LogP contribution is -2.15. The largest absolute Gasteiger partial charge is 0.490 e. The average Bonchev–Trinajstić information content (AvgIpc) is 2.72. The molecular formula is C24H25NO4. The Morgan fingerprint density at radius 3 is 2.24 bits per heavy atom. The molecule has 0 aliphatic carbocycles. The van der Waals surface area contributed by atoms with E-state index in [1.807, 2.05) is 74.5 Å². The van der Waals surface area contributed by atoms with Gasteiger partial charge in [-0.15, -0.1) is 0 Å². The molecule has 0 heterocycles. The molecule has 0 unspecified atom stereocenters. The number of carbonyl (C=O) groups is 1. The van der Waals surface area contributed by atoms with Crippen molar-refractivity contribution in [1.82, 2.24) is 0 Å². The van der Waals surface area contributed by atoms with Crippen LogP contribution in [0.4, 0.5) is 5.69 Å². The topological polar surface area (TPSA) is 56.8 Å². The molecule has 0 aromatic heterocycles. The van der Waals surface area contributed by atoms with E-state index < -0.39 is 0 Å². The number of nitrogens with one attached hydrogen (secondary N) is 1. The Balaban J connectivity index is 1.56. The van der Waals surface area contributed by atoms with Gasteiger partial charge in [0, 0.05) is 11.8 Å². The van der Waals surface area contributed by atoms with Gasteiger partial charge in [-0.1, -0.05) is 36.4 Å². The fraction of sp³-hybridized carbons (Fsp3) is 0.208. The lowest BCUT2D eigenvalue weighted by atomic mass is 10.1. The summed E-state index contributed by atoms with van der Waals surface area (Å²) >= 11 is 0. The number of para-hydroxylation sites is 2. The van der Waals surface area contributed by atoms with Crippen LogP contribution in [0.3, 0.4) is 0 Å². The van der Waals surface area contributed by atoms with Gasteiger partial charge in [0.05, 0.1) is 11.7 Å². The lowest BCUT2D eigenvalue weighted by molar-refractivity contribution is 0.102. The fourth-order valence-electron chi connectivity index (χ4n) is 2.71. The van der Waals surface area contributed by atoms with Crippen LogP contribution in [0.2, 0.25) is 0 Å². The molecule has 0 bridgehead atoms. The minimum absolute atomic E-state index is 0.0150.